The molecule has 1 aliphatic carbocycles. The van der Waals surface area contributed by atoms with Gasteiger partial charge in [0.05, 0.1) is 5.60 Å². The van der Waals surface area contributed by atoms with Gasteiger partial charge in [0.2, 0.25) is 0 Å². The van der Waals surface area contributed by atoms with E-state index in [4.69, 9.17) is 11.6 Å². The molecule has 2 heteroatoms. The van der Waals surface area contributed by atoms with E-state index >= 15 is 0 Å². The Morgan fingerprint density at radius 2 is 2.21 bits per heavy atom. The summed E-state index contributed by atoms with van der Waals surface area (Å²) in [5, 5.41) is 11.0. The maximum Gasteiger partial charge on any atom is 0.0714 e. The Balaban J connectivity index is 2.15. The smallest absolute Gasteiger partial charge is 0.0714 e. The molecular weight excluding hydrogens is 196 g/mol. The van der Waals surface area contributed by atoms with E-state index in [9.17, 15) is 5.11 Å². The van der Waals surface area contributed by atoms with Crippen molar-refractivity contribution in [2.75, 3.05) is 0 Å². The van der Waals surface area contributed by atoms with Crippen LogP contribution in [0.1, 0.15) is 25.3 Å². The molecular formula is C12H15ClO. The van der Waals surface area contributed by atoms with Crippen LogP contribution in [0.5, 0.6) is 0 Å². The van der Waals surface area contributed by atoms with Crippen LogP contribution in [0.2, 0.25) is 5.02 Å². The van der Waals surface area contributed by atoms with E-state index in [1.807, 2.05) is 24.3 Å². The minimum atomic E-state index is -0.509. The molecule has 0 radical (unpaired) electrons. The second kappa shape index (κ2) is 3.56. The molecule has 0 aromatic heterocycles. The molecule has 0 heterocycles. The van der Waals surface area contributed by atoms with Crippen LogP contribution in [0.25, 0.3) is 0 Å². The van der Waals surface area contributed by atoms with E-state index in [0.29, 0.717) is 12.3 Å². The summed E-state index contributed by atoms with van der Waals surface area (Å²) in [4.78, 5) is 0. The van der Waals surface area contributed by atoms with Gasteiger partial charge in [-0.25, -0.2) is 0 Å². The van der Waals surface area contributed by atoms with Crippen LogP contribution in [0, 0.1) is 5.92 Å². The first-order chi connectivity index (χ1) is 6.62. The van der Waals surface area contributed by atoms with Crippen molar-refractivity contribution >= 4 is 11.6 Å². The van der Waals surface area contributed by atoms with Gasteiger partial charge in [0.25, 0.3) is 0 Å². The molecule has 0 aliphatic heterocycles. The van der Waals surface area contributed by atoms with Gasteiger partial charge in [0.1, 0.15) is 0 Å². The lowest BCUT2D eigenvalue weighted by atomic mass is 9.67. The number of halogens is 1. The molecule has 0 bridgehead atoms. The highest BCUT2D eigenvalue weighted by Gasteiger charge is 2.42. The first kappa shape index (κ1) is 10.0. The fourth-order valence-electron chi connectivity index (χ4n) is 2.00. The molecule has 1 aliphatic rings. The lowest BCUT2D eigenvalue weighted by Crippen LogP contribution is -2.47. The van der Waals surface area contributed by atoms with Crippen molar-refractivity contribution in [3.05, 3.63) is 34.9 Å². The van der Waals surface area contributed by atoms with Crippen molar-refractivity contribution in [3.63, 3.8) is 0 Å². The number of aliphatic hydroxyl groups is 1. The fourth-order valence-corrected chi connectivity index (χ4v) is 2.20. The quantitative estimate of drug-likeness (QED) is 0.796. The zero-order valence-corrected chi connectivity index (χ0v) is 9.09. The Kier molecular flexibility index (Phi) is 2.54. The molecule has 1 aromatic rings. The van der Waals surface area contributed by atoms with Gasteiger partial charge in [0.15, 0.2) is 0 Å². The Hall–Kier alpha value is -0.530. The zero-order valence-electron chi connectivity index (χ0n) is 8.33. The third-order valence-corrected chi connectivity index (χ3v) is 3.75. The predicted molar refractivity (Wildman–Crippen MR) is 58.5 cm³/mol. The lowest BCUT2D eigenvalue weighted by molar-refractivity contribution is -0.0851. The molecule has 0 saturated heterocycles. The van der Waals surface area contributed by atoms with Gasteiger partial charge in [0, 0.05) is 11.4 Å². The maximum atomic E-state index is 10.2. The molecule has 14 heavy (non-hydrogen) atoms. The third kappa shape index (κ3) is 1.67. The maximum absolute atomic E-state index is 10.2. The Bertz CT molecular complexity index is 337. The van der Waals surface area contributed by atoms with Gasteiger partial charge < -0.3 is 5.11 Å². The average molecular weight is 211 g/mol. The normalized spacial score (nSPS) is 31.2. The van der Waals surface area contributed by atoms with Crippen molar-refractivity contribution in [1.82, 2.24) is 0 Å². The molecule has 1 fully saturated rings. The number of rotatable bonds is 2. The minimum Gasteiger partial charge on any atom is -0.389 e. The van der Waals surface area contributed by atoms with Gasteiger partial charge in [-0.1, -0.05) is 36.7 Å². The molecule has 2 unspecified atom stereocenters. The van der Waals surface area contributed by atoms with E-state index in [1.54, 1.807) is 0 Å². The van der Waals surface area contributed by atoms with E-state index < -0.39 is 5.60 Å². The summed E-state index contributed by atoms with van der Waals surface area (Å²) < 4.78 is 0. The van der Waals surface area contributed by atoms with E-state index in [2.05, 4.69) is 6.92 Å². The topological polar surface area (TPSA) is 20.2 Å². The van der Waals surface area contributed by atoms with Gasteiger partial charge in [-0.2, -0.15) is 0 Å². The van der Waals surface area contributed by atoms with Gasteiger partial charge in [-0.15, -0.1) is 0 Å². The molecule has 0 spiro atoms. The van der Waals surface area contributed by atoms with Crippen LogP contribution >= 0.6 is 11.6 Å². The van der Waals surface area contributed by atoms with E-state index in [1.165, 1.54) is 0 Å². The molecule has 1 aromatic carbocycles. The van der Waals surface area contributed by atoms with Crippen molar-refractivity contribution in [3.8, 4) is 0 Å². The van der Waals surface area contributed by atoms with Crippen LogP contribution in [-0.2, 0) is 6.42 Å². The summed E-state index contributed by atoms with van der Waals surface area (Å²) >= 11 is 6.05. The first-order valence-corrected chi connectivity index (χ1v) is 5.45. The van der Waals surface area contributed by atoms with Crippen LogP contribution < -0.4 is 0 Å². The average Bonchev–Trinajstić information content (AvgIpc) is 2.19. The largest absolute Gasteiger partial charge is 0.389 e. The highest BCUT2D eigenvalue weighted by Crippen LogP contribution is 2.41. The van der Waals surface area contributed by atoms with Crippen molar-refractivity contribution < 1.29 is 5.11 Å². The Morgan fingerprint density at radius 1 is 1.50 bits per heavy atom. The number of benzene rings is 1. The fraction of sp³-hybridized carbons (Fsp3) is 0.500. The summed E-state index contributed by atoms with van der Waals surface area (Å²) in [6.07, 6.45) is 2.72. The van der Waals surface area contributed by atoms with Crippen molar-refractivity contribution in [1.29, 1.82) is 0 Å². The van der Waals surface area contributed by atoms with Crippen molar-refractivity contribution in [2.24, 2.45) is 5.92 Å². The van der Waals surface area contributed by atoms with Crippen LogP contribution in [0.3, 0.4) is 0 Å². The number of hydrogen-bond donors (Lipinski definition) is 1. The summed E-state index contributed by atoms with van der Waals surface area (Å²) in [5.41, 5.74) is 0.550. The zero-order chi connectivity index (χ0) is 10.2. The molecule has 1 nitrogen and oxygen atoms in total. The van der Waals surface area contributed by atoms with E-state index in [0.717, 1.165) is 23.4 Å². The van der Waals surface area contributed by atoms with Crippen LogP contribution in [-0.4, -0.2) is 10.7 Å². The molecule has 76 valence electrons. The Labute approximate surface area is 89.7 Å². The molecule has 1 N–H and O–H groups in total. The van der Waals surface area contributed by atoms with Gasteiger partial charge in [-0.05, 0) is 30.4 Å². The predicted octanol–water partition coefficient (Wildman–Crippen LogP) is 3.04. The molecule has 1 saturated carbocycles. The van der Waals surface area contributed by atoms with Crippen molar-refractivity contribution in [2.45, 2.75) is 31.8 Å². The summed E-state index contributed by atoms with van der Waals surface area (Å²) in [5.74, 6) is 0.402. The van der Waals surface area contributed by atoms with Crippen LogP contribution in [0.15, 0.2) is 24.3 Å². The molecule has 2 rings (SSSR count). The van der Waals surface area contributed by atoms with Gasteiger partial charge in [-0.3, -0.25) is 0 Å². The summed E-state index contributed by atoms with van der Waals surface area (Å²) in [6, 6.07) is 7.75. The van der Waals surface area contributed by atoms with E-state index in [-0.39, 0.29) is 0 Å². The number of hydrogen-bond acceptors (Lipinski definition) is 1. The Morgan fingerprint density at radius 3 is 2.71 bits per heavy atom. The summed E-state index contributed by atoms with van der Waals surface area (Å²) in [7, 11) is 0. The SMILES string of the molecule is CC1CCC1(O)Cc1ccccc1Cl. The molecule has 0 amide bonds. The van der Waals surface area contributed by atoms with Crippen LogP contribution in [0.4, 0.5) is 0 Å². The second-order valence-electron chi connectivity index (χ2n) is 4.31. The highest BCUT2D eigenvalue weighted by atomic mass is 35.5. The first-order valence-electron chi connectivity index (χ1n) is 5.07. The second-order valence-corrected chi connectivity index (χ2v) is 4.72. The van der Waals surface area contributed by atoms with Gasteiger partial charge >= 0.3 is 0 Å². The summed E-state index contributed by atoms with van der Waals surface area (Å²) in [6.45, 7) is 2.10. The minimum absolute atomic E-state index is 0.402. The lowest BCUT2D eigenvalue weighted by Gasteiger charge is -2.44. The highest BCUT2D eigenvalue weighted by molar-refractivity contribution is 6.31. The standard InChI is InChI=1S/C12H15ClO/c1-9-6-7-12(9,14)8-10-4-2-3-5-11(10)13/h2-5,9,14H,6-8H2,1H3. The third-order valence-electron chi connectivity index (χ3n) is 3.38. The molecule has 2 atom stereocenters. The monoisotopic (exact) mass is 210 g/mol.